The molecule has 15 heavy (non-hydrogen) atoms. The van der Waals surface area contributed by atoms with Crippen molar-refractivity contribution in [3.8, 4) is 0 Å². The van der Waals surface area contributed by atoms with Crippen LogP contribution in [0.4, 0.5) is 0 Å². The number of hydrogen-bond acceptors (Lipinski definition) is 2. The van der Waals surface area contributed by atoms with Crippen molar-refractivity contribution in [1.82, 2.24) is 0 Å². The average molecular weight is 268 g/mol. The summed E-state index contributed by atoms with van der Waals surface area (Å²) < 4.78 is 6.76. The summed E-state index contributed by atoms with van der Waals surface area (Å²) >= 11 is 3.50. The lowest BCUT2D eigenvalue weighted by molar-refractivity contribution is 0.475. The predicted molar refractivity (Wildman–Crippen MR) is 65.8 cm³/mol. The Morgan fingerprint density at radius 3 is 2.93 bits per heavy atom. The predicted octanol–water partition coefficient (Wildman–Crippen LogP) is 4.00. The third-order valence-electron chi connectivity index (χ3n) is 2.49. The molecule has 1 heterocycles. The number of hydrogen-bond donors (Lipinski definition) is 1. The molecule has 1 aromatic heterocycles. The van der Waals surface area contributed by atoms with Gasteiger partial charge in [-0.15, -0.1) is 0 Å². The van der Waals surface area contributed by atoms with Gasteiger partial charge in [0.1, 0.15) is 11.3 Å². The zero-order valence-corrected chi connectivity index (χ0v) is 10.3. The van der Waals surface area contributed by atoms with Gasteiger partial charge in [0.15, 0.2) is 0 Å². The second-order valence-electron chi connectivity index (χ2n) is 3.70. The van der Waals surface area contributed by atoms with Crippen LogP contribution >= 0.6 is 15.9 Å². The molecule has 2 rings (SSSR count). The molecule has 3 heteroatoms. The zero-order valence-electron chi connectivity index (χ0n) is 8.66. The Bertz CT molecular complexity index is 464. The molecule has 0 amide bonds. The van der Waals surface area contributed by atoms with E-state index in [0.29, 0.717) is 0 Å². The van der Waals surface area contributed by atoms with Crippen molar-refractivity contribution in [3.63, 3.8) is 0 Å². The number of rotatable bonds is 3. The molecule has 0 saturated carbocycles. The molecule has 0 aliphatic carbocycles. The number of fused-ring (bicyclic) bond motifs is 1. The van der Waals surface area contributed by atoms with Gasteiger partial charge in [-0.3, -0.25) is 0 Å². The molecule has 2 nitrogen and oxygen atoms in total. The second kappa shape index (κ2) is 4.37. The Balaban J connectivity index is 2.43. The molecule has 0 fully saturated rings. The molecule has 1 atom stereocenters. The van der Waals surface area contributed by atoms with Gasteiger partial charge in [0, 0.05) is 9.86 Å². The molecule has 0 spiro atoms. The van der Waals surface area contributed by atoms with Gasteiger partial charge in [0.05, 0.1) is 6.04 Å². The quantitative estimate of drug-likeness (QED) is 0.913. The van der Waals surface area contributed by atoms with E-state index in [1.165, 1.54) is 0 Å². The van der Waals surface area contributed by atoms with Crippen LogP contribution in [0.25, 0.3) is 11.0 Å². The molecule has 0 aliphatic rings. The summed E-state index contributed by atoms with van der Waals surface area (Å²) in [6.45, 7) is 2.12. The Hall–Kier alpha value is -0.800. The zero-order chi connectivity index (χ0) is 10.8. The van der Waals surface area contributed by atoms with Crippen molar-refractivity contribution in [3.05, 3.63) is 34.5 Å². The first-order valence-electron chi connectivity index (χ1n) is 5.16. The number of furan rings is 1. The molecule has 0 aliphatic heterocycles. The van der Waals surface area contributed by atoms with Crippen molar-refractivity contribution in [2.75, 3.05) is 0 Å². The third kappa shape index (κ3) is 2.08. The normalized spacial score (nSPS) is 13.3. The van der Waals surface area contributed by atoms with Crippen LogP contribution in [0, 0.1) is 0 Å². The van der Waals surface area contributed by atoms with Gasteiger partial charge in [0.2, 0.25) is 0 Å². The summed E-state index contributed by atoms with van der Waals surface area (Å²) in [5, 5.41) is 1.10. The van der Waals surface area contributed by atoms with E-state index >= 15 is 0 Å². The number of halogens is 1. The summed E-state index contributed by atoms with van der Waals surface area (Å²) in [4.78, 5) is 0. The van der Waals surface area contributed by atoms with E-state index in [9.17, 15) is 0 Å². The highest BCUT2D eigenvalue weighted by molar-refractivity contribution is 9.10. The van der Waals surface area contributed by atoms with Gasteiger partial charge in [-0.05, 0) is 24.6 Å². The summed E-state index contributed by atoms with van der Waals surface area (Å²) in [6.07, 6.45) is 2.02. The first kappa shape index (κ1) is 10.7. The molecule has 80 valence electrons. The van der Waals surface area contributed by atoms with E-state index in [1.54, 1.807) is 0 Å². The maximum absolute atomic E-state index is 6.01. The van der Waals surface area contributed by atoms with Crippen molar-refractivity contribution in [2.24, 2.45) is 5.73 Å². The van der Waals surface area contributed by atoms with Crippen molar-refractivity contribution < 1.29 is 4.42 Å². The van der Waals surface area contributed by atoms with E-state index in [2.05, 4.69) is 22.9 Å². The van der Waals surface area contributed by atoms with Crippen LogP contribution in [0.1, 0.15) is 31.6 Å². The van der Waals surface area contributed by atoms with Crippen molar-refractivity contribution in [1.29, 1.82) is 0 Å². The maximum Gasteiger partial charge on any atom is 0.135 e. The lowest BCUT2D eigenvalue weighted by Gasteiger charge is -2.04. The molecule has 0 radical (unpaired) electrons. The Kier molecular flexibility index (Phi) is 3.12. The first-order chi connectivity index (χ1) is 7.22. The minimum absolute atomic E-state index is 0.00861. The fourth-order valence-corrected chi connectivity index (χ4v) is 2.14. The molecular weight excluding hydrogens is 254 g/mol. The van der Waals surface area contributed by atoms with Crippen LogP contribution in [0.2, 0.25) is 0 Å². The van der Waals surface area contributed by atoms with Gasteiger partial charge < -0.3 is 10.2 Å². The number of nitrogens with two attached hydrogens (primary N) is 1. The highest BCUT2D eigenvalue weighted by Gasteiger charge is 2.12. The van der Waals surface area contributed by atoms with Gasteiger partial charge in [-0.2, -0.15) is 0 Å². The van der Waals surface area contributed by atoms with E-state index in [4.69, 9.17) is 10.2 Å². The lowest BCUT2D eigenvalue weighted by Crippen LogP contribution is -2.08. The van der Waals surface area contributed by atoms with E-state index in [0.717, 1.165) is 34.0 Å². The topological polar surface area (TPSA) is 39.2 Å². The van der Waals surface area contributed by atoms with Crippen molar-refractivity contribution in [2.45, 2.75) is 25.8 Å². The maximum atomic E-state index is 6.01. The summed E-state index contributed by atoms with van der Waals surface area (Å²) in [5.74, 6) is 0.874. The lowest BCUT2D eigenvalue weighted by atomic mass is 10.1. The van der Waals surface area contributed by atoms with Crippen LogP contribution in [0.15, 0.2) is 33.2 Å². The summed E-state index contributed by atoms with van der Waals surface area (Å²) in [5.41, 5.74) is 6.90. The monoisotopic (exact) mass is 267 g/mol. The summed E-state index contributed by atoms with van der Waals surface area (Å²) in [6, 6.07) is 7.97. The van der Waals surface area contributed by atoms with Crippen LogP contribution in [-0.4, -0.2) is 0 Å². The summed E-state index contributed by atoms with van der Waals surface area (Å²) in [7, 11) is 0. The molecule has 2 aromatic rings. The SMILES string of the molecule is CCC[C@@H](N)c1cc2c(Br)cccc2o1. The molecule has 0 saturated heterocycles. The highest BCUT2D eigenvalue weighted by Crippen LogP contribution is 2.30. The largest absolute Gasteiger partial charge is 0.459 e. The Labute approximate surface area is 97.6 Å². The van der Waals surface area contributed by atoms with Crippen LogP contribution in [0.5, 0.6) is 0 Å². The second-order valence-corrected chi connectivity index (χ2v) is 4.55. The van der Waals surface area contributed by atoms with Gasteiger partial charge >= 0.3 is 0 Å². The van der Waals surface area contributed by atoms with Gasteiger partial charge in [-0.25, -0.2) is 0 Å². The average Bonchev–Trinajstić information content (AvgIpc) is 2.63. The third-order valence-corrected chi connectivity index (χ3v) is 3.18. The molecule has 1 aromatic carbocycles. The molecule has 0 unspecified atom stereocenters. The van der Waals surface area contributed by atoms with Crippen LogP contribution < -0.4 is 5.73 Å². The molecular formula is C12H14BrNO. The molecule has 2 N–H and O–H groups in total. The Morgan fingerprint density at radius 2 is 2.27 bits per heavy atom. The Morgan fingerprint density at radius 1 is 1.47 bits per heavy atom. The fourth-order valence-electron chi connectivity index (χ4n) is 1.68. The van der Waals surface area contributed by atoms with Crippen molar-refractivity contribution >= 4 is 26.9 Å². The van der Waals surface area contributed by atoms with Gasteiger partial charge in [-0.1, -0.05) is 35.3 Å². The molecule has 0 bridgehead atoms. The first-order valence-corrected chi connectivity index (χ1v) is 5.95. The van der Waals surface area contributed by atoms with Gasteiger partial charge in [0.25, 0.3) is 0 Å². The smallest absolute Gasteiger partial charge is 0.135 e. The van der Waals surface area contributed by atoms with E-state index in [-0.39, 0.29) is 6.04 Å². The van der Waals surface area contributed by atoms with Crippen LogP contribution in [0.3, 0.4) is 0 Å². The standard InChI is InChI=1S/C12H14BrNO/c1-2-4-10(14)12-7-8-9(13)5-3-6-11(8)15-12/h3,5-7,10H,2,4,14H2,1H3/t10-/m1/s1. The highest BCUT2D eigenvalue weighted by atomic mass is 79.9. The van der Waals surface area contributed by atoms with E-state index < -0.39 is 0 Å². The van der Waals surface area contributed by atoms with Crippen LogP contribution in [-0.2, 0) is 0 Å². The fraction of sp³-hybridized carbons (Fsp3) is 0.333. The van der Waals surface area contributed by atoms with E-state index in [1.807, 2.05) is 24.3 Å². The number of benzene rings is 1. The minimum atomic E-state index is 0.00861. The minimum Gasteiger partial charge on any atom is -0.459 e.